The highest BCUT2D eigenvalue weighted by Crippen LogP contribution is 2.37. The summed E-state index contributed by atoms with van der Waals surface area (Å²) in [7, 11) is 0. The Morgan fingerprint density at radius 2 is 1.53 bits per heavy atom. The lowest BCUT2D eigenvalue weighted by atomic mass is 9.87. The van der Waals surface area contributed by atoms with Crippen molar-refractivity contribution in [2.45, 2.75) is 26.2 Å². The van der Waals surface area contributed by atoms with Crippen molar-refractivity contribution in [2.24, 2.45) is 0 Å². The van der Waals surface area contributed by atoms with Gasteiger partial charge in [0.2, 0.25) is 0 Å². The number of anilines is 1. The van der Waals surface area contributed by atoms with Gasteiger partial charge < -0.3 is 4.42 Å². The Labute approximate surface area is 221 Å². The maximum atomic E-state index is 13.7. The topological polar surface area (TPSA) is 33.5 Å². The molecular weight excluding hydrogens is 489 g/mol. The minimum absolute atomic E-state index is 0.0298. The number of furan rings is 1. The molecule has 180 valence electrons. The molecule has 3 aromatic carbocycles. The van der Waals surface area contributed by atoms with Gasteiger partial charge in [-0.25, -0.2) is 0 Å². The standard InChI is InChI=1S/C31H25Cl2NO2/c1-31(2,3)23-10-12-24(13-11-23)34-28(20-7-5-4-6-8-20)19-22(30(34)35)17-25-14-16-29(36-25)21-9-15-26(32)27(33)18-21/h4-19H,1-3H3/b22-17+. The molecule has 0 spiro atoms. The van der Waals surface area contributed by atoms with Crippen LogP contribution in [0.15, 0.2) is 101 Å². The zero-order valence-corrected chi connectivity index (χ0v) is 21.8. The van der Waals surface area contributed by atoms with Crippen LogP contribution in [0.2, 0.25) is 10.0 Å². The van der Waals surface area contributed by atoms with E-state index in [0.29, 0.717) is 27.1 Å². The molecule has 0 radical (unpaired) electrons. The molecule has 36 heavy (non-hydrogen) atoms. The van der Waals surface area contributed by atoms with E-state index in [4.69, 9.17) is 27.6 Å². The third-order valence-corrected chi connectivity index (χ3v) is 6.91. The molecule has 0 N–H and O–H groups in total. The van der Waals surface area contributed by atoms with Crippen molar-refractivity contribution in [3.8, 4) is 11.3 Å². The van der Waals surface area contributed by atoms with E-state index in [1.165, 1.54) is 5.56 Å². The maximum Gasteiger partial charge on any atom is 0.263 e. The quantitative estimate of drug-likeness (QED) is 0.255. The van der Waals surface area contributed by atoms with Crippen LogP contribution in [0.4, 0.5) is 5.69 Å². The van der Waals surface area contributed by atoms with E-state index < -0.39 is 0 Å². The fourth-order valence-corrected chi connectivity index (χ4v) is 4.49. The Balaban J connectivity index is 1.52. The van der Waals surface area contributed by atoms with Crippen LogP contribution in [-0.2, 0) is 10.2 Å². The van der Waals surface area contributed by atoms with Crippen LogP contribution in [0.5, 0.6) is 0 Å². The molecule has 0 saturated carbocycles. The summed E-state index contributed by atoms with van der Waals surface area (Å²) >= 11 is 12.2. The van der Waals surface area contributed by atoms with E-state index in [9.17, 15) is 4.79 Å². The van der Waals surface area contributed by atoms with Crippen molar-refractivity contribution >= 4 is 46.6 Å². The van der Waals surface area contributed by atoms with Gasteiger partial charge in [-0.1, -0.05) is 86.4 Å². The second-order valence-electron chi connectivity index (χ2n) is 9.76. The molecule has 0 bridgehead atoms. The molecular formula is C31H25Cl2NO2. The average Bonchev–Trinajstić information content (AvgIpc) is 3.46. The van der Waals surface area contributed by atoms with Crippen molar-refractivity contribution in [3.63, 3.8) is 0 Å². The molecule has 1 aromatic heterocycles. The molecule has 1 amide bonds. The third kappa shape index (κ3) is 4.77. The van der Waals surface area contributed by atoms with Gasteiger partial charge in [-0.2, -0.15) is 0 Å². The van der Waals surface area contributed by atoms with Gasteiger partial charge in [0.15, 0.2) is 0 Å². The molecule has 0 saturated heterocycles. The predicted molar refractivity (Wildman–Crippen MR) is 149 cm³/mol. The summed E-state index contributed by atoms with van der Waals surface area (Å²) in [5.74, 6) is 1.12. The van der Waals surface area contributed by atoms with Gasteiger partial charge in [0.1, 0.15) is 11.5 Å². The Morgan fingerprint density at radius 1 is 0.806 bits per heavy atom. The summed E-state index contributed by atoms with van der Waals surface area (Å²) < 4.78 is 6.03. The van der Waals surface area contributed by atoms with E-state index in [1.807, 2.05) is 66.7 Å². The van der Waals surface area contributed by atoms with E-state index in [1.54, 1.807) is 23.1 Å². The lowest BCUT2D eigenvalue weighted by Gasteiger charge is -2.23. The second kappa shape index (κ2) is 9.50. The van der Waals surface area contributed by atoms with Crippen LogP contribution < -0.4 is 4.90 Å². The minimum Gasteiger partial charge on any atom is -0.457 e. The van der Waals surface area contributed by atoms with Gasteiger partial charge in [-0.15, -0.1) is 0 Å². The largest absolute Gasteiger partial charge is 0.457 e. The monoisotopic (exact) mass is 513 g/mol. The Bertz CT molecular complexity index is 1490. The van der Waals surface area contributed by atoms with Crippen molar-refractivity contribution in [1.29, 1.82) is 0 Å². The minimum atomic E-state index is -0.107. The van der Waals surface area contributed by atoms with Crippen LogP contribution in [0.3, 0.4) is 0 Å². The van der Waals surface area contributed by atoms with E-state index in [0.717, 1.165) is 22.5 Å². The number of carbonyl (C=O) groups is 1. The molecule has 0 atom stereocenters. The Hall–Kier alpha value is -3.53. The van der Waals surface area contributed by atoms with Gasteiger partial charge in [-0.05, 0) is 71.2 Å². The maximum absolute atomic E-state index is 13.7. The zero-order chi connectivity index (χ0) is 25.4. The first-order chi connectivity index (χ1) is 17.2. The predicted octanol–water partition coefficient (Wildman–Crippen LogP) is 9.02. The van der Waals surface area contributed by atoms with Gasteiger partial charge in [0.25, 0.3) is 5.91 Å². The normalized spacial score (nSPS) is 15.0. The van der Waals surface area contributed by atoms with E-state index in [-0.39, 0.29) is 11.3 Å². The lowest BCUT2D eigenvalue weighted by Crippen LogP contribution is -2.25. The summed E-state index contributed by atoms with van der Waals surface area (Å²) in [5, 5.41) is 0.945. The molecule has 2 heterocycles. The SMILES string of the molecule is CC(C)(C)c1ccc(N2C(=O)/C(=C/c3ccc(-c4ccc(Cl)c(Cl)c4)o3)C=C2c2ccccc2)cc1. The number of benzene rings is 3. The van der Waals surface area contributed by atoms with Crippen LogP contribution in [0.25, 0.3) is 23.1 Å². The first-order valence-corrected chi connectivity index (χ1v) is 12.5. The van der Waals surface area contributed by atoms with Crippen molar-refractivity contribution in [1.82, 2.24) is 0 Å². The zero-order valence-electron chi connectivity index (χ0n) is 20.3. The Morgan fingerprint density at radius 3 is 2.19 bits per heavy atom. The van der Waals surface area contributed by atoms with Crippen LogP contribution >= 0.6 is 23.2 Å². The van der Waals surface area contributed by atoms with Crippen LogP contribution in [0.1, 0.15) is 37.7 Å². The molecule has 3 nitrogen and oxygen atoms in total. The highest BCUT2D eigenvalue weighted by molar-refractivity contribution is 6.42. The second-order valence-corrected chi connectivity index (χ2v) is 10.6. The molecule has 1 aliphatic rings. The summed E-state index contributed by atoms with van der Waals surface area (Å²) in [6, 6.07) is 27.2. The fraction of sp³-hybridized carbons (Fsp3) is 0.129. The van der Waals surface area contributed by atoms with E-state index in [2.05, 4.69) is 32.9 Å². The van der Waals surface area contributed by atoms with Crippen LogP contribution in [-0.4, -0.2) is 5.91 Å². The summed E-state index contributed by atoms with van der Waals surface area (Å²) in [6.07, 6.45) is 3.69. The van der Waals surface area contributed by atoms with Crippen molar-refractivity contribution < 1.29 is 9.21 Å². The van der Waals surface area contributed by atoms with Gasteiger partial charge in [0, 0.05) is 16.8 Å². The average molecular weight is 514 g/mol. The van der Waals surface area contributed by atoms with Gasteiger partial charge in [0.05, 0.1) is 15.7 Å². The van der Waals surface area contributed by atoms with Crippen molar-refractivity contribution in [2.75, 3.05) is 4.90 Å². The molecule has 5 heteroatoms. The third-order valence-electron chi connectivity index (χ3n) is 6.17. The number of halogens is 2. The summed E-state index contributed by atoms with van der Waals surface area (Å²) in [6.45, 7) is 6.53. The number of amides is 1. The molecule has 5 rings (SSSR count). The highest BCUT2D eigenvalue weighted by Gasteiger charge is 2.31. The first kappa shape index (κ1) is 24.2. The summed E-state index contributed by atoms with van der Waals surface area (Å²) in [4.78, 5) is 15.4. The molecule has 4 aromatic rings. The van der Waals surface area contributed by atoms with Crippen molar-refractivity contribution in [3.05, 3.63) is 124 Å². The van der Waals surface area contributed by atoms with Gasteiger partial charge in [-0.3, -0.25) is 9.69 Å². The fourth-order valence-electron chi connectivity index (χ4n) is 4.19. The van der Waals surface area contributed by atoms with Gasteiger partial charge >= 0.3 is 0 Å². The molecule has 1 aliphatic heterocycles. The Kier molecular flexibility index (Phi) is 6.38. The lowest BCUT2D eigenvalue weighted by molar-refractivity contribution is -0.113. The smallest absolute Gasteiger partial charge is 0.263 e. The number of carbonyl (C=O) groups excluding carboxylic acids is 1. The molecule has 0 unspecified atom stereocenters. The van der Waals surface area contributed by atoms with E-state index >= 15 is 0 Å². The number of hydrogen-bond acceptors (Lipinski definition) is 2. The number of nitrogens with zero attached hydrogens (tertiary/aromatic N) is 1. The summed E-state index contributed by atoms with van der Waals surface area (Å²) in [5.41, 5.74) is 5.21. The molecule has 0 aliphatic carbocycles. The first-order valence-electron chi connectivity index (χ1n) is 11.7. The number of hydrogen-bond donors (Lipinski definition) is 0. The molecule has 0 fully saturated rings. The van der Waals surface area contributed by atoms with Crippen LogP contribution in [0, 0.1) is 0 Å². The highest BCUT2D eigenvalue weighted by atomic mass is 35.5. The number of rotatable bonds is 4.